The summed E-state index contributed by atoms with van der Waals surface area (Å²) >= 11 is 0. The summed E-state index contributed by atoms with van der Waals surface area (Å²) in [5, 5.41) is 3.16. The van der Waals surface area contributed by atoms with Crippen molar-refractivity contribution in [1.82, 2.24) is 5.32 Å². The van der Waals surface area contributed by atoms with Gasteiger partial charge in [-0.1, -0.05) is 18.2 Å². The Kier molecular flexibility index (Phi) is 3.42. The Morgan fingerprint density at radius 3 is 2.86 bits per heavy atom. The third kappa shape index (κ3) is 2.51. The van der Waals surface area contributed by atoms with Crippen LogP contribution in [0.25, 0.3) is 0 Å². The Balaban J connectivity index is 1.83. The first-order valence-electron chi connectivity index (χ1n) is 7.31. The number of nitrogen functional groups attached to an aromatic ring is 1. The topological polar surface area (TPSA) is 55.1 Å². The summed E-state index contributed by atoms with van der Waals surface area (Å²) in [4.78, 5) is 12.5. The zero-order valence-electron chi connectivity index (χ0n) is 12.4. The summed E-state index contributed by atoms with van der Waals surface area (Å²) in [6, 6.07) is 11.9. The van der Waals surface area contributed by atoms with Crippen molar-refractivity contribution in [2.45, 2.75) is 32.7 Å². The van der Waals surface area contributed by atoms with Gasteiger partial charge in [0.2, 0.25) is 0 Å². The van der Waals surface area contributed by atoms with Crippen LogP contribution in [0.15, 0.2) is 36.4 Å². The maximum atomic E-state index is 12.5. The lowest BCUT2D eigenvalue weighted by Gasteiger charge is -2.16. The summed E-state index contributed by atoms with van der Waals surface area (Å²) in [6.07, 6.45) is 1.91. The van der Waals surface area contributed by atoms with Crippen molar-refractivity contribution in [2.24, 2.45) is 0 Å². The van der Waals surface area contributed by atoms with Gasteiger partial charge in [-0.05, 0) is 67.1 Å². The third-order valence-corrected chi connectivity index (χ3v) is 4.40. The quantitative estimate of drug-likeness (QED) is 0.829. The second kappa shape index (κ2) is 5.24. The van der Waals surface area contributed by atoms with E-state index in [4.69, 9.17) is 5.73 Å². The minimum absolute atomic E-state index is 0.00544. The van der Waals surface area contributed by atoms with Gasteiger partial charge >= 0.3 is 0 Å². The molecule has 0 saturated carbocycles. The molecule has 3 nitrogen and oxygen atoms in total. The summed E-state index contributed by atoms with van der Waals surface area (Å²) in [5.74, 6) is 0.00544. The van der Waals surface area contributed by atoms with Crippen LogP contribution in [-0.2, 0) is 6.42 Å². The van der Waals surface area contributed by atoms with Crippen molar-refractivity contribution in [3.8, 4) is 0 Å². The number of benzene rings is 2. The van der Waals surface area contributed by atoms with Crippen molar-refractivity contribution < 1.29 is 4.79 Å². The molecule has 0 aliphatic heterocycles. The molecular weight excluding hydrogens is 260 g/mol. The monoisotopic (exact) mass is 280 g/mol. The zero-order valence-corrected chi connectivity index (χ0v) is 12.4. The number of hydrogen-bond acceptors (Lipinski definition) is 2. The molecule has 3 N–H and O–H groups in total. The Bertz CT molecular complexity index is 706. The molecule has 2 aromatic rings. The fourth-order valence-electron chi connectivity index (χ4n) is 3.02. The molecule has 1 aliphatic carbocycles. The minimum Gasteiger partial charge on any atom is -0.399 e. The smallest absolute Gasteiger partial charge is 0.252 e. The van der Waals surface area contributed by atoms with E-state index in [1.165, 1.54) is 11.1 Å². The molecule has 0 heterocycles. The van der Waals surface area contributed by atoms with Crippen LogP contribution in [-0.4, -0.2) is 5.91 Å². The van der Waals surface area contributed by atoms with Crippen LogP contribution in [0.4, 0.5) is 5.69 Å². The van der Waals surface area contributed by atoms with Gasteiger partial charge in [-0.3, -0.25) is 4.79 Å². The summed E-state index contributed by atoms with van der Waals surface area (Å²) in [6.45, 7) is 4.02. The lowest BCUT2D eigenvalue weighted by atomic mass is 10.0. The van der Waals surface area contributed by atoms with Crippen molar-refractivity contribution in [1.29, 1.82) is 0 Å². The largest absolute Gasteiger partial charge is 0.399 e. The van der Waals surface area contributed by atoms with Crippen LogP contribution in [0, 0.1) is 13.8 Å². The lowest BCUT2D eigenvalue weighted by molar-refractivity contribution is 0.0936. The molecular formula is C18H20N2O. The molecule has 2 aromatic carbocycles. The number of rotatable bonds is 2. The molecule has 3 rings (SSSR count). The minimum atomic E-state index is 0.00544. The van der Waals surface area contributed by atoms with E-state index in [-0.39, 0.29) is 11.9 Å². The van der Waals surface area contributed by atoms with Gasteiger partial charge in [-0.15, -0.1) is 0 Å². The molecule has 1 amide bonds. The molecule has 108 valence electrons. The Hall–Kier alpha value is -2.29. The third-order valence-electron chi connectivity index (χ3n) is 4.40. The van der Waals surface area contributed by atoms with Crippen molar-refractivity contribution in [3.63, 3.8) is 0 Å². The SMILES string of the molecule is Cc1cccc(C(=O)NC2CCc3cc(N)ccc32)c1C. The van der Waals surface area contributed by atoms with Crippen molar-refractivity contribution in [3.05, 3.63) is 64.2 Å². The number of nitrogens with two attached hydrogens (primary N) is 1. The van der Waals surface area contributed by atoms with Gasteiger partial charge in [0.1, 0.15) is 0 Å². The molecule has 0 bridgehead atoms. The number of aryl methyl sites for hydroxylation is 2. The van der Waals surface area contributed by atoms with Gasteiger partial charge in [-0.25, -0.2) is 0 Å². The zero-order chi connectivity index (χ0) is 15.0. The van der Waals surface area contributed by atoms with Crippen LogP contribution in [0.5, 0.6) is 0 Å². The molecule has 1 atom stereocenters. The van der Waals surface area contributed by atoms with Gasteiger partial charge in [-0.2, -0.15) is 0 Å². The van der Waals surface area contributed by atoms with Crippen LogP contribution in [0.1, 0.15) is 45.1 Å². The Labute approximate surface area is 125 Å². The average molecular weight is 280 g/mol. The van der Waals surface area contributed by atoms with Gasteiger partial charge < -0.3 is 11.1 Å². The van der Waals surface area contributed by atoms with E-state index >= 15 is 0 Å². The molecule has 3 heteroatoms. The van der Waals surface area contributed by atoms with Gasteiger partial charge in [0.25, 0.3) is 5.91 Å². The molecule has 1 unspecified atom stereocenters. The maximum Gasteiger partial charge on any atom is 0.252 e. The number of hydrogen-bond donors (Lipinski definition) is 2. The summed E-state index contributed by atoms with van der Waals surface area (Å²) in [5.41, 5.74) is 12.0. The van der Waals surface area contributed by atoms with Crippen LogP contribution < -0.4 is 11.1 Å². The lowest BCUT2D eigenvalue weighted by Crippen LogP contribution is -2.27. The summed E-state index contributed by atoms with van der Waals surface area (Å²) < 4.78 is 0. The number of nitrogens with one attached hydrogen (secondary N) is 1. The van der Waals surface area contributed by atoms with Crippen LogP contribution in [0.3, 0.4) is 0 Å². The van der Waals surface area contributed by atoms with E-state index in [9.17, 15) is 4.79 Å². The fourth-order valence-corrected chi connectivity index (χ4v) is 3.02. The summed E-state index contributed by atoms with van der Waals surface area (Å²) in [7, 11) is 0. The highest BCUT2D eigenvalue weighted by molar-refractivity contribution is 5.96. The molecule has 1 aliphatic rings. The first-order valence-corrected chi connectivity index (χ1v) is 7.31. The molecule has 0 radical (unpaired) electrons. The van der Waals surface area contributed by atoms with Crippen LogP contribution in [0.2, 0.25) is 0 Å². The van der Waals surface area contributed by atoms with E-state index < -0.39 is 0 Å². The average Bonchev–Trinajstić information content (AvgIpc) is 2.84. The number of carbonyl (C=O) groups is 1. The predicted octanol–water partition coefficient (Wildman–Crippen LogP) is 3.30. The second-order valence-electron chi connectivity index (χ2n) is 5.77. The van der Waals surface area contributed by atoms with Gasteiger partial charge in [0.05, 0.1) is 6.04 Å². The maximum absolute atomic E-state index is 12.5. The first-order chi connectivity index (χ1) is 10.1. The van der Waals surface area contributed by atoms with E-state index in [0.29, 0.717) is 0 Å². The number of carbonyl (C=O) groups excluding carboxylic acids is 1. The fraction of sp³-hybridized carbons (Fsp3) is 0.278. The molecule has 0 spiro atoms. The van der Waals surface area contributed by atoms with E-state index in [2.05, 4.69) is 5.32 Å². The normalized spacial score (nSPS) is 16.6. The Morgan fingerprint density at radius 1 is 1.24 bits per heavy atom. The molecule has 0 aromatic heterocycles. The molecule has 21 heavy (non-hydrogen) atoms. The van der Waals surface area contributed by atoms with Gasteiger partial charge in [0.15, 0.2) is 0 Å². The number of anilines is 1. The Morgan fingerprint density at radius 2 is 2.05 bits per heavy atom. The molecule has 0 saturated heterocycles. The van der Waals surface area contributed by atoms with Gasteiger partial charge in [0, 0.05) is 11.3 Å². The standard InChI is InChI=1S/C18H20N2O/c1-11-4-3-5-15(12(11)2)18(21)20-17-9-6-13-10-14(19)7-8-16(13)17/h3-5,7-8,10,17H,6,9,19H2,1-2H3,(H,20,21). The number of amides is 1. The van der Waals surface area contributed by atoms with E-state index in [1.807, 2.05) is 50.2 Å². The van der Waals surface area contributed by atoms with Crippen LogP contribution >= 0.6 is 0 Å². The highest BCUT2D eigenvalue weighted by Crippen LogP contribution is 2.32. The van der Waals surface area contributed by atoms with E-state index in [1.54, 1.807) is 0 Å². The van der Waals surface area contributed by atoms with Crippen molar-refractivity contribution >= 4 is 11.6 Å². The first kappa shape index (κ1) is 13.7. The molecule has 0 fully saturated rings. The highest BCUT2D eigenvalue weighted by atomic mass is 16.1. The highest BCUT2D eigenvalue weighted by Gasteiger charge is 2.24. The number of fused-ring (bicyclic) bond motifs is 1. The van der Waals surface area contributed by atoms with E-state index in [0.717, 1.165) is 35.2 Å². The van der Waals surface area contributed by atoms with Crippen molar-refractivity contribution in [2.75, 3.05) is 5.73 Å². The second-order valence-corrected chi connectivity index (χ2v) is 5.77. The predicted molar refractivity (Wildman–Crippen MR) is 85.3 cm³/mol.